The molecule has 0 bridgehead atoms. The van der Waals surface area contributed by atoms with E-state index < -0.39 is 29.8 Å². The number of nitrogens with zero attached hydrogens (tertiary/aromatic N) is 2. The van der Waals surface area contributed by atoms with Gasteiger partial charge in [0.15, 0.2) is 5.78 Å². The molecule has 2 aromatic rings. The topological polar surface area (TPSA) is 76.1 Å². The molecule has 0 N–H and O–H groups in total. The summed E-state index contributed by atoms with van der Waals surface area (Å²) in [5.41, 5.74) is 1.98. The van der Waals surface area contributed by atoms with Crippen molar-refractivity contribution >= 4 is 46.6 Å². The van der Waals surface area contributed by atoms with E-state index in [0.29, 0.717) is 22.2 Å². The van der Waals surface area contributed by atoms with Crippen LogP contribution in [-0.4, -0.2) is 43.9 Å². The lowest BCUT2D eigenvalue weighted by Gasteiger charge is -2.36. The Balaban J connectivity index is 1.62. The Morgan fingerprint density at radius 2 is 1.72 bits per heavy atom. The van der Waals surface area contributed by atoms with Gasteiger partial charge in [0, 0.05) is 16.3 Å². The van der Waals surface area contributed by atoms with Crippen LogP contribution in [0, 0.1) is 11.8 Å². The third-order valence-electron chi connectivity index (χ3n) is 6.51. The normalized spacial score (nSPS) is 25.5. The molecule has 4 atom stereocenters. The van der Waals surface area contributed by atoms with Crippen LogP contribution in [-0.2, 0) is 14.4 Å². The number of fused-ring (bicyclic) bond motifs is 5. The van der Waals surface area contributed by atoms with Crippen LogP contribution >= 0.6 is 11.6 Å². The SMILES string of the molecule is COc1ccc2c(c1)C=C[C@@H]1[C@@H]3C(=O)N(c4cc(Cl)ccc4OC)C(=O)[C@H]3[C@H](C(C)=O)N21. The summed E-state index contributed by atoms with van der Waals surface area (Å²) in [6.07, 6.45) is 3.81. The molecule has 32 heavy (non-hydrogen) atoms. The molecule has 0 aromatic heterocycles. The number of benzene rings is 2. The fourth-order valence-electron chi connectivity index (χ4n) is 5.21. The average Bonchev–Trinajstić information content (AvgIpc) is 3.26. The van der Waals surface area contributed by atoms with Crippen molar-refractivity contribution in [1.82, 2.24) is 0 Å². The number of hydrogen-bond acceptors (Lipinski definition) is 6. The van der Waals surface area contributed by atoms with E-state index >= 15 is 0 Å². The minimum absolute atomic E-state index is 0.166. The van der Waals surface area contributed by atoms with Crippen LogP contribution in [0.2, 0.25) is 5.02 Å². The van der Waals surface area contributed by atoms with Crippen molar-refractivity contribution in [3.63, 3.8) is 0 Å². The Labute approximate surface area is 190 Å². The number of ketones is 1. The lowest BCUT2D eigenvalue weighted by atomic mass is 9.88. The summed E-state index contributed by atoms with van der Waals surface area (Å²) in [5.74, 6) is -1.38. The van der Waals surface area contributed by atoms with Gasteiger partial charge >= 0.3 is 0 Å². The number of amides is 2. The van der Waals surface area contributed by atoms with Crippen molar-refractivity contribution in [2.24, 2.45) is 11.8 Å². The number of halogens is 1. The molecule has 0 unspecified atom stereocenters. The fourth-order valence-corrected chi connectivity index (χ4v) is 5.38. The number of carbonyl (C=O) groups is 3. The monoisotopic (exact) mass is 452 g/mol. The summed E-state index contributed by atoms with van der Waals surface area (Å²) >= 11 is 6.15. The molecule has 0 radical (unpaired) electrons. The molecule has 0 spiro atoms. The third-order valence-corrected chi connectivity index (χ3v) is 6.75. The van der Waals surface area contributed by atoms with Gasteiger partial charge in [-0.15, -0.1) is 0 Å². The highest BCUT2D eigenvalue weighted by Crippen LogP contribution is 2.50. The lowest BCUT2D eigenvalue weighted by molar-refractivity contribution is -0.126. The van der Waals surface area contributed by atoms with Gasteiger partial charge in [0.25, 0.3) is 0 Å². The number of hydrogen-bond donors (Lipinski definition) is 0. The molecule has 0 aliphatic carbocycles. The largest absolute Gasteiger partial charge is 0.497 e. The molecule has 0 saturated carbocycles. The number of imide groups is 1. The molecule has 7 nitrogen and oxygen atoms in total. The van der Waals surface area contributed by atoms with Gasteiger partial charge in [0.1, 0.15) is 17.5 Å². The first-order valence-corrected chi connectivity index (χ1v) is 10.6. The second-order valence-corrected chi connectivity index (χ2v) is 8.55. The van der Waals surface area contributed by atoms with Gasteiger partial charge in [0.05, 0.1) is 37.8 Å². The van der Waals surface area contributed by atoms with Crippen LogP contribution in [0.4, 0.5) is 11.4 Å². The number of anilines is 2. The maximum atomic E-state index is 13.6. The molecule has 164 valence electrons. The average molecular weight is 453 g/mol. The van der Waals surface area contributed by atoms with E-state index in [2.05, 4.69) is 0 Å². The van der Waals surface area contributed by atoms with E-state index in [1.165, 1.54) is 20.1 Å². The van der Waals surface area contributed by atoms with Crippen LogP contribution in [0.25, 0.3) is 6.08 Å². The zero-order chi connectivity index (χ0) is 22.7. The quantitative estimate of drug-likeness (QED) is 0.662. The van der Waals surface area contributed by atoms with Crippen LogP contribution in [0.3, 0.4) is 0 Å². The van der Waals surface area contributed by atoms with Crippen molar-refractivity contribution in [3.05, 3.63) is 53.1 Å². The van der Waals surface area contributed by atoms with Gasteiger partial charge in [-0.3, -0.25) is 14.4 Å². The van der Waals surface area contributed by atoms with Gasteiger partial charge in [-0.1, -0.05) is 23.8 Å². The standard InChI is InChI=1S/C24H21ClN2O5/c1-12(28)22-21-20(17-7-4-13-10-15(31-2)6-8-16(13)26(17)22)23(29)27(24(21)30)18-11-14(25)5-9-19(18)32-3/h4-11,17,20-22H,1-3H3/t17-,20+,21-,22+/m1/s1. The zero-order valence-electron chi connectivity index (χ0n) is 17.7. The van der Waals surface area contributed by atoms with E-state index in [9.17, 15) is 14.4 Å². The third kappa shape index (κ3) is 2.77. The van der Waals surface area contributed by atoms with E-state index in [-0.39, 0.29) is 11.7 Å². The smallest absolute Gasteiger partial charge is 0.240 e. The molecule has 3 aliphatic rings. The molecule has 2 saturated heterocycles. The Bertz CT molecular complexity index is 1190. The van der Waals surface area contributed by atoms with Gasteiger partial charge in [-0.05, 0) is 43.3 Å². The van der Waals surface area contributed by atoms with E-state index in [4.69, 9.17) is 21.1 Å². The first-order valence-electron chi connectivity index (χ1n) is 10.2. The highest BCUT2D eigenvalue weighted by atomic mass is 35.5. The fraction of sp³-hybridized carbons (Fsp3) is 0.292. The number of carbonyl (C=O) groups excluding carboxylic acids is 3. The van der Waals surface area contributed by atoms with Gasteiger partial charge in [-0.25, -0.2) is 4.90 Å². The molecule has 3 aliphatic heterocycles. The number of Topliss-reactive ketones (excluding diaryl/α,β-unsaturated/α-hetero) is 1. The Hall–Kier alpha value is -3.32. The van der Waals surface area contributed by atoms with Gasteiger partial charge in [0.2, 0.25) is 11.8 Å². The summed E-state index contributed by atoms with van der Waals surface area (Å²) in [6, 6.07) is 9.17. The molecule has 2 fully saturated rings. The Morgan fingerprint density at radius 3 is 2.41 bits per heavy atom. The molecule has 5 rings (SSSR count). The highest BCUT2D eigenvalue weighted by molar-refractivity contribution is 6.32. The number of methoxy groups -OCH3 is 2. The summed E-state index contributed by atoms with van der Waals surface area (Å²) in [5, 5.41) is 0.378. The zero-order valence-corrected chi connectivity index (χ0v) is 18.5. The molecular weight excluding hydrogens is 432 g/mol. The second-order valence-electron chi connectivity index (χ2n) is 8.12. The number of ether oxygens (including phenoxy) is 2. The van der Waals surface area contributed by atoms with Crippen LogP contribution < -0.4 is 19.3 Å². The predicted octanol–water partition coefficient (Wildman–Crippen LogP) is 3.34. The molecule has 3 heterocycles. The molecular formula is C24H21ClN2O5. The van der Waals surface area contributed by atoms with E-state index in [1.807, 2.05) is 35.3 Å². The molecule has 2 aromatic carbocycles. The Morgan fingerprint density at radius 1 is 0.969 bits per heavy atom. The van der Waals surface area contributed by atoms with Gasteiger partial charge in [-0.2, -0.15) is 0 Å². The summed E-state index contributed by atoms with van der Waals surface area (Å²) in [6.45, 7) is 1.46. The highest BCUT2D eigenvalue weighted by Gasteiger charge is 2.64. The van der Waals surface area contributed by atoms with Crippen LogP contribution in [0.1, 0.15) is 12.5 Å². The summed E-state index contributed by atoms with van der Waals surface area (Å²) in [4.78, 5) is 43.1. The predicted molar refractivity (Wildman–Crippen MR) is 120 cm³/mol. The first-order chi connectivity index (χ1) is 15.4. The van der Waals surface area contributed by atoms with Crippen molar-refractivity contribution in [2.75, 3.05) is 24.0 Å². The van der Waals surface area contributed by atoms with Crippen molar-refractivity contribution in [2.45, 2.75) is 19.0 Å². The molecule has 2 amide bonds. The van der Waals surface area contributed by atoms with E-state index in [0.717, 1.165) is 16.2 Å². The summed E-state index contributed by atoms with van der Waals surface area (Å²) < 4.78 is 10.7. The Kier molecular flexibility index (Phi) is 4.74. The first kappa shape index (κ1) is 20.6. The van der Waals surface area contributed by atoms with Crippen molar-refractivity contribution in [3.8, 4) is 11.5 Å². The van der Waals surface area contributed by atoms with Crippen molar-refractivity contribution < 1.29 is 23.9 Å². The van der Waals surface area contributed by atoms with Crippen LogP contribution in [0.5, 0.6) is 11.5 Å². The maximum absolute atomic E-state index is 13.6. The lowest BCUT2D eigenvalue weighted by Crippen LogP contribution is -2.48. The number of rotatable bonds is 4. The van der Waals surface area contributed by atoms with Crippen LogP contribution in [0.15, 0.2) is 42.5 Å². The molecule has 8 heteroatoms. The minimum Gasteiger partial charge on any atom is -0.497 e. The minimum atomic E-state index is -0.800. The summed E-state index contributed by atoms with van der Waals surface area (Å²) in [7, 11) is 3.06. The maximum Gasteiger partial charge on any atom is 0.240 e. The second kappa shape index (κ2) is 7.38. The van der Waals surface area contributed by atoms with E-state index in [1.54, 1.807) is 19.2 Å². The van der Waals surface area contributed by atoms with Gasteiger partial charge < -0.3 is 14.4 Å². The van der Waals surface area contributed by atoms with Crippen molar-refractivity contribution in [1.29, 1.82) is 0 Å².